The fourth-order valence-electron chi connectivity index (χ4n) is 2.40. The van der Waals surface area contributed by atoms with Gasteiger partial charge < -0.3 is 5.32 Å². The third-order valence-electron chi connectivity index (χ3n) is 3.45. The predicted octanol–water partition coefficient (Wildman–Crippen LogP) is 2.55. The third-order valence-corrected chi connectivity index (χ3v) is 5.75. The van der Waals surface area contributed by atoms with Crippen molar-refractivity contribution in [2.75, 3.05) is 20.1 Å². The Balaban J connectivity index is 0.00000200. The van der Waals surface area contributed by atoms with Crippen LogP contribution in [-0.2, 0) is 10.0 Å². The fraction of sp³-hybridized carbons (Fsp3) is 0.538. The van der Waals surface area contributed by atoms with E-state index in [1.165, 1.54) is 0 Å². The number of nitrogens with zero attached hydrogens (tertiary/aromatic N) is 1. The molecule has 4 nitrogen and oxygen atoms in total. The van der Waals surface area contributed by atoms with Gasteiger partial charge in [-0.3, -0.25) is 0 Å². The lowest BCUT2D eigenvalue weighted by Crippen LogP contribution is -2.46. The lowest BCUT2D eigenvalue weighted by atomic mass is 10.1. The topological polar surface area (TPSA) is 49.4 Å². The van der Waals surface area contributed by atoms with E-state index in [9.17, 15) is 8.42 Å². The molecule has 0 saturated carbocycles. The van der Waals surface area contributed by atoms with Crippen molar-refractivity contribution in [3.8, 4) is 0 Å². The number of rotatable bonds is 3. The molecule has 1 aliphatic rings. The van der Waals surface area contributed by atoms with Crippen molar-refractivity contribution < 1.29 is 8.42 Å². The summed E-state index contributed by atoms with van der Waals surface area (Å²) in [5, 5.41) is 3.16. The van der Waals surface area contributed by atoms with Crippen molar-refractivity contribution in [1.82, 2.24) is 9.62 Å². The highest BCUT2D eigenvalue weighted by Gasteiger charge is 2.29. The molecule has 1 fully saturated rings. The summed E-state index contributed by atoms with van der Waals surface area (Å²) in [7, 11) is -1.51. The number of nitrogens with one attached hydrogen (secondary N) is 1. The summed E-state index contributed by atoms with van der Waals surface area (Å²) < 4.78 is 27.6. The first-order chi connectivity index (χ1) is 8.93. The van der Waals surface area contributed by atoms with Gasteiger partial charge in [0, 0.05) is 23.6 Å². The number of benzene rings is 1. The van der Waals surface area contributed by atoms with Crippen LogP contribution >= 0.6 is 28.3 Å². The van der Waals surface area contributed by atoms with Crippen molar-refractivity contribution in [2.24, 2.45) is 0 Å². The summed E-state index contributed by atoms with van der Waals surface area (Å²) in [6.45, 7) is 3.05. The van der Waals surface area contributed by atoms with Gasteiger partial charge in [-0.05, 0) is 50.6 Å². The number of piperidine rings is 1. The van der Waals surface area contributed by atoms with Crippen LogP contribution in [0.3, 0.4) is 0 Å². The smallest absolute Gasteiger partial charge is 0.243 e. The summed E-state index contributed by atoms with van der Waals surface area (Å²) in [5.41, 5.74) is 0.940. The lowest BCUT2D eigenvalue weighted by Gasteiger charge is -2.31. The summed E-state index contributed by atoms with van der Waals surface area (Å²) in [6, 6.07) is 5.55. The Bertz CT molecular complexity index is 545. The van der Waals surface area contributed by atoms with E-state index in [0.29, 0.717) is 18.0 Å². The van der Waals surface area contributed by atoms with Crippen LogP contribution in [0, 0.1) is 6.92 Å². The maximum atomic E-state index is 12.6. The van der Waals surface area contributed by atoms with Gasteiger partial charge in [-0.2, -0.15) is 4.31 Å². The molecule has 7 heteroatoms. The molecule has 1 atom stereocenters. The largest absolute Gasteiger partial charge is 0.316 e. The molecule has 0 amide bonds. The number of halogens is 2. The van der Waals surface area contributed by atoms with Crippen LogP contribution in [0.5, 0.6) is 0 Å². The van der Waals surface area contributed by atoms with Gasteiger partial charge in [0.1, 0.15) is 0 Å². The summed E-state index contributed by atoms with van der Waals surface area (Å²) >= 11 is 3.36. The van der Waals surface area contributed by atoms with Gasteiger partial charge in [0.25, 0.3) is 0 Å². The Hall–Kier alpha value is -0.140. The number of sulfonamides is 1. The van der Waals surface area contributed by atoms with Crippen molar-refractivity contribution in [3.05, 3.63) is 28.2 Å². The minimum atomic E-state index is -3.39. The van der Waals surface area contributed by atoms with E-state index in [-0.39, 0.29) is 18.4 Å². The van der Waals surface area contributed by atoms with E-state index in [2.05, 4.69) is 21.2 Å². The Morgan fingerprint density at radius 2 is 2.05 bits per heavy atom. The quantitative estimate of drug-likeness (QED) is 0.872. The standard InChI is InChI=1S/C13H19BrN2O2S.ClH/c1-10-6-11(14)8-13(7-10)19(17,18)16-5-3-4-12(9-16)15-2;/h6-8,12,15H,3-5,9H2,1-2H3;1H. The van der Waals surface area contributed by atoms with Crippen molar-refractivity contribution in [1.29, 1.82) is 0 Å². The molecule has 1 unspecified atom stereocenters. The molecule has 0 spiro atoms. The molecule has 1 aromatic rings. The van der Waals surface area contributed by atoms with Gasteiger partial charge in [-0.15, -0.1) is 12.4 Å². The van der Waals surface area contributed by atoms with Crippen LogP contribution in [0.4, 0.5) is 0 Å². The van der Waals surface area contributed by atoms with E-state index < -0.39 is 10.0 Å². The average molecular weight is 384 g/mol. The molecule has 0 aliphatic carbocycles. The Morgan fingerprint density at radius 1 is 1.35 bits per heavy atom. The monoisotopic (exact) mass is 382 g/mol. The van der Waals surface area contributed by atoms with E-state index in [1.807, 2.05) is 20.0 Å². The normalized spacial score (nSPS) is 20.4. The molecular formula is C13H20BrClN2O2S. The minimum Gasteiger partial charge on any atom is -0.316 e. The molecule has 114 valence electrons. The zero-order valence-corrected chi connectivity index (χ0v) is 14.8. The van der Waals surface area contributed by atoms with E-state index >= 15 is 0 Å². The SMILES string of the molecule is CNC1CCCN(S(=O)(=O)c2cc(C)cc(Br)c2)C1.Cl. The number of hydrogen-bond donors (Lipinski definition) is 1. The Morgan fingerprint density at radius 3 is 2.65 bits per heavy atom. The second-order valence-corrected chi connectivity index (χ2v) is 7.81. The maximum absolute atomic E-state index is 12.6. The maximum Gasteiger partial charge on any atom is 0.243 e. The zero-order chi connectivity index (χ0) is 14.0. The Labute approximate surface area is 135 Å². The molecule has 2 rings (SSSR count). The average Bonchev–Trinajstić information content (AvgIpc) is 2.37. The minimum absolute atomic E-state index is 0. The summed E-state index contributed by atoms with van der Waals surface area (Å²) in [5.74, 6) is 0. The van der Waals surface area contributed by atoms with Crippen LogP contribution in [0.1, 0.15) is 18.4 Å². The third kappa shape index (κ3) is 3.95. The first-order valence-electron chi connectivity index (χ1n) is 6.38. The molecule has 0 radical (unpaired) electrons. The molecule has 0 aromatic heterocycles. The van der Waals surface area contributed by atoms with E-state index in [1.54, 1.807) is 16.4 Å². The second-order valence-electron chi connectivity index (χ2n) is 4.96. The molecule has 20 heavy (non-hydrogen) atoms. The van der Waals surface area contributed by atoms with E-state index in [0.717, 1.165) is 22.9 Å². The summed E-state index contributed by atoms with van der Waals surface area (Å²) in [4.78, 5) is 0.371. The van der Waals surface area contributed by atoms with E-state index in [4.69, 9.17) is 0 Å². The van der Waals surface area contributed by atoms with Gasteiger partial charge in [0.15, 0.2) is 0 Å². The predicted molar refractivity (Wildman–Crippen MR) is 87.0 cm³/mol. The molecular weight excluding hydrogens is 364 g/mol. The molecule has 1 heterocycles. The van der Waals surface area contributed by atoms with Gasteiger partial charge in [-0.1, -0.05) is 15.9 Å². The lowest BCUT2D eigenvalue weighted by molar-refractivity contribution is 0.293. The molecule has 1 saturated heterocycles. The number of hydrogen-bond acceptors (Lipinski definition) is 3. The van der Waals surface area contributed by atoms with Crippen molar-refractivity contribution in [2.45, 2.75) is 30.7 Å². The number of likely N-dealkylation sites (N-methyl/N-ethyl adjacent to an activating group) is 1. The van der Waals surface area contributed by atoms with Crippen molar-refractivity contribution >= 4 is 38.4 Å². The van der Waals surface area contributed by atoms with Crippen LogP contribution in [-0.4, -0.2) is 38.9 Å². The van der Waals surface area contributed by atoms with Crippen LogP contribution in [0.2, 0.25) is 0 Å². The first kappa shape index (κ1) is 17.9. The highest BCUT2D eigenvalue weighted by atomic mass is 79.9. The second kappa shape index (κ2) is 7.22. The first-order valence-corrected chi connectivity index (χ1v) is 8.61. The highest BCUT2D eigenvalue weighted by molar-refractivity contribution is 9.10. The van der Waals surface area contributed by atoms with Crippen molar-refractivity contribution in [3.63, 3.8) is 0 Å². The molecule has 1 N–H and O–H groups in total. The Kier molecular flexibility index (Phi) is 6.47. The molecule has 1 aromatic carbocycles. The zero-order valence-electron chi connectivity index (χ0n) is 11.6. The highest BCUT2D eigenvalue weighted by Crippen LogP contribution is 2.24. The van der Waals surface area contributed by atoms with Crippen LogP contribution in [0.15, 0.2) is 27.6 Å². The van der Waals surface area contributed by atoms with Gasteiger partial charge in [0.05, 0.1) is 4.90 Å². The van der Waals surface area contributed by atoms with Gasteiger partial charge in [-0.25, -0.2) is 8.42 Å². The fourth-order valence-corrected chi connectivity index (χ4v) is 4.81. The number of aryl methyl sites for hydroxylation is 1. The van der Waals surface area contributed by atoms with Gasteiger partial charge >= 0.3 is 0 Å². The van der Waals surface area contributed by atoms with Gasteiger partial charge in [0.2, 0.25) is 10.0 Å². The van der Waals surface area contributed by atoms with Crippen LogP contribution < -0.4 is 5.32 Å². The summed E-state index contributed by atoms with van der Waals surface area (Å²) in [6.07, 6.45) is 1.93. The molecule has 0 bridgehead atoms. The van der Waals surface area contributed by atoms with Crippen LogP contribution in [0.25, 0.3) is 0 Å². The molecule has 1 aliphatic heterocycles.